The van der Waals surface area contributed by atoms with Gasteiger partial charge in [-0.3, -0.25) is 57.1 Å². The van der Waals surface area contributed by atoms with Gasteiger partial charge in [0.15, 0.2) is 5.60 Å². The molecule has 0 saturated carbocycles. The van der Waals surface area contributed by atoms with Gasteiger partial charge in [-0.25, -0.2) is 4.79 Å². The van der Waals surface area contributed by atoms with Crippen LogP contribution in [-0.4, -0.2) is 161 Å². The van der Waals surface area contributed by atoms with Gasteiger partial charge in [-0.05, 0) is 72.1 Å². The van der Waals surface area contributed by atoms with Gasteiger partial charge in [-0.2, -0.15) is 0 Å². The normalized spacial score (nSPS) is 13.1. The number of rotatable bonds is 31. The molecule has 4 aromatic carbocycles. The number of ether oxygens (including phenoxy) is 13. The number of fused-ring (bicyclic) bond motifs is 6. The molecule has 0 aromatic heterocycles. The zero-order chi connectivity index (χ0) is 69.6. The third-order valence-corrected chi connectivity index (χ3v) is 17.7. The molecule has 94 heavy (non-hydrogen) atoms. The van der Waals surface area contributed by atoms with Crippen molar-refractivity contribution in [3.63, 3.8) is 0 Å². The zero-order valence-electron chi connectivity index (χ0n) is 53.3. The van der Waals surface area contributed by atoms with E-state index in [0.717, 1.165) is 80.9 Å². The molecule has 0 atom stereocenters. The molecule has 1 aliphatic carbocycles. The quantitative estimate of drug-likeness (QED) is 0.0167. The fourth-order valence-electron chi connectivity index (χ4n) is 9.80. The number of anilines is 2. The maximum atomic E-state index is 15.3. The number of hydrogen-bond acceptors (Lipinski definition) is 32. The molecule has 1 aliphatic heterocycles. The van der Waals surface area contributed by atoms with Crippen molar-refractivity contribution >= 4 is 103 Å². The van der Waals surface area contributed by atoms with Crippen molar-refractivity contribution in [1.29, 1.82) is 0 Å². The first kappa shape index (κ1) is 73.6. The predicted molar refractivity (Wildman–Crippen MR) is 319 cm³/mol. The Hall–Kier alpha value is -9.45. The first-order chi connectivity index (χ1) is 44.3. The Morgan fingerprint density at radius 2 is 0.787 bits per heavy atom. The second-order valence-corrected chi connectivity index (χ2v) is 25.1. The fourth-order valence-corrected chi connectivity index (χ4v) is 12.2. The number of esters is 11. The van der Waals surface area contributed by atoms with Crippen LogP contribution < -0.4 is 39.4 Å². The minimum absolute atomic E-state index is 0.00340. The molecule has 0 unspecified atom stereocenters. The van der Waals surface area contributed by atoms with E-state index >= 15 is 4.79 Å². The molecule has 0 fully saturated rings. The molecule has 4 aromatic rings. The Kier molecular flexibility index (Phi) is 24.6. The van der Waals surface area contributed by atoms with Crippen LogP contribution in [0.5, 0.6) is 23.0 Å². The average molecular weight is 1360 g/mol. The number of carbonyl (C=O) groups is 11. The molecule has 6 rings (SSSR count). The van der Waals surface area contributed by atoms with Crippen molar-refractivity contribution in [2.45, 2.75) is 73.3 Å². The van der Waals surface area contributed by atoms with Crippen LogP contribution in [0.1, 0.15) is 99.1 Å². The van der Waals surface area contributed by atoms with Crippen LogP contribution in [0.4, 0.5) is 11.4 Å². The molecular weight excluding hydrogens is 1290 g/mol. The topological polar surface area (TPSA) is 385 Å². The summed E-state index contributed by atoms with van der Waals surface area (Å²) in [5.41, 5.74) is -3.56. The summed E-state index contributed by atoms with van der Waals surface area (Å²) in [5.74, 6) is -11.3. The Morgan fingerprint density at radius 3 is 1.14 bits per heavy atom. The van der Waals surface area contributed by atoms with Crippen molar-refractivity contribution < 1.29 is 142 Å². The molecular formula is C60H68N2O30P2. The molecule has 2 aliphatic rings. The minimum atomic E-state index is -4.53. The van der Waals surface area contributed by atoms with Gasteiger partial charge < -0.3 is 89.5 Å². The highest BCUT2D eigenvalue weighted by Gasteiger charge is 2.58. The summed E-state index contributed by atoms with van der Waals surface area (Å²) >= 11 is 0. The molecule has 1 spiro atoms. The molecule has 1 heterocycles. The van der Waals surface area contributed by atoms with Crippen LogP contribution in [0.3, 0.4) is 0 Å². The lowest BCUT2D eigenvalue weighted by Gasteiger charge is -2.45. The summed E-state index contributed by atoms with van der Waals surface area (Å²) in [5, 5.41) is -0.734. The van der Waals surface area contributed by atoms with Crippen molar-refractivity contribution in [1.82, 2.24) is 0 Å². The number of nitrogens with zero attached hydrogens (tertiary/aromatic N) is 2. The fraction of sp³-hybridized carbons (Fsp3) is 0.417. The second-order valence-electron chi connectivity index (χ2n) is 20.7. The van der Waals surface area contributed by atoms with E-state index in [4.69, 9.17) is 79.7 Å². The predicted octanol–water partition coefficient (Wildman–Crippen LogP) is 4.50. The highest BCUT2D eigenvalue weighted by molar-refractivity contribution is 7.62. The second kappa shape index (κ2) is 31.4. The van der Waals surface area contributed by atoms with E-state index in [1.807, 2.05) is 0 Å². The van der Waals surface area contributed by atoms with Gasteiger partial charge in [-0.1, -0.05) is 19.9 Å². The van der Waals surface area contributed by atoms with Crippen LogP contribution in [0.25, 0.3) is 0 Å². The van der Waals surface area contributed by atoms with Gasteiger partial charge in [0.2, 0.25) is 27.2 Å². The SMILES string of the molecule is COP(=O)(OC)c1cc2c(cc1OC(C)=O)C(C)(C)c1cc(OC(C)=O)c(P(=O)(OC)OC)cc1C21OC(=O)c2cc(N(CC(=O)OCOC(C)=O)CC(=O)OCOC(C)=O)c(OCCOc3cc(C)ccc3N(CC(=O)OCOC(C)=O)CC(=O)OCOC(C)=O)cc21. The Balaban J connectivity index is 1.65. The van der Waals surface area contributed by atoms with Gasteiger partial charge >= 0.3 is 80.9 Å². The first-order valence-electron chi connectivity index (χ1n) is 27.9. The molecule has 508 valence electrons. The first-order valence-corrected chi connectivity index (χ1v) is 31.0. The van der Waals surface area contributed by atoms with Crippen LogP contribution in [0, 0.1) is 6.92 Å². The highest BCUT2D eigenvalue weighted by Crippen LogP contribution is 2.61. The number of benzene rings is 4. The molecule has 32 nitrogen and oxygen atoms in total. The molecule has 0 bridgehead atoms. The average Bonchev–Trinajstić information content (AvgIpc) is 1.31. The van der Waals surface area contributed by atoms with E-state index in [-0.39, 0.29) is 78.4 Å². The summed E-state index contributed by atoms with van der Waals surface area (Å²) < 4.78 is 122. The van der Waals surface area contributed by atoms with E-state index in [0.29, 0.717) is 5.56 Å². The summed E-state index contributed by atoms with van der Waals surface area (Å²) in [6.07, 6.45) is 0. The standard InChI is InChI=1S/C60H68N2O30P2/c1-33-14-15-46(61(25-54(69)86-29-82-34(2)63)26-55(70)87-30-83-35(3)64)48(18-33)80-16-17-81-49-20-41-40(19-47(49)62(27-56(71)88-31-84-36(4)65)28-57(72)89-32-85-37(5)66)58(73)92-60(41)44-23-52(93(74,76-10)77-11)50(90-38(6)67)21-42(44)59(8,9)43-22-51(91-39(7)68)53(24-45(43)60)94(75,78-12)79-13/h14-15,18-24H,16-17,25-32H2,1-13H3. The largest absolute Gasteiger partial charge is 0.488 e. The lowest BCUT2D eigenvalue weighted by molar-refractivity contribution is -0.167. The Bertz CT molecular complexity index is 3560. The number of aryl methyl sites for hydroxylation is 1. The molecule has 0 amide bonds. The lowest BCUT2D eigenvalue weighted by Crippen LogP contribution is -2.43. The van der Waals surface area contributed by atoms with Gasteiger partial charge in [0.05, 0.1) is 16.9 Å². The minimum Gasteiger partial charge on any atom is -0.488 e. The van der Waals surface area contributed by atoms with E-state index < -0.39 is 158 Å². The van der Waals surface area contributed by atoms with Crippen molar-refractivity contribution in [3.8, 4) is 23.0 Å². The monoisotopic (exact) mass is 1360 g/mol. The Labute approximate surface area is 537 Å². The van der Waals surface area contributed by atoms with E-state index in [1.165, 1.54) is 47.4 Å². The summed E-state index contributed by atoms with van der Waals surface area (Å²) in [6.45, 7) is 3.95. The van der Waals surface area contributed by atoms with Gasteiger partial charge in [0.1, 0.15) is 73.0 Å². The smallest absolute Gasteiger partial charge is 0.364 e. The van der Waals surface area contributed by atoms with Crippen LogP contribution in [0.15, 0.2) is 54.6 Å². The summed E-state index contributed by atoms with van der Waals surface area (Å²) in [7, 11) is -4.82. The number of carbonyl (C=O) groups excluding carboxylic acids is 11. The number of hydrogen-bond donors (Lipinski definition) is 0. The van der Waals surface area contributed by atoms with Crippen molar-refractivity contribution in [2.24, 2.45) is 0 Å². The third kappa shape index (κ3) is 17.4. The van der Waals surface area contributed by atoms with Crippen LogP contribution in [0.2, 0.25) is 0 Å². The maximum Gasteiger partial charge on any atom is 0.364 e. The highest BCUT2D eigenvalue weighted by atomic mass is 31.2. The van der Waals surface area contributed by atoms with E-state index in [9.17, 15) is 57.1 Å². The lowest BCUT2D eigenvalue weighted by atomic mass is 9.61. The van der Waals surface area contributed by atoms with Crippen LogP contribution >= 0.6 is 15.2 Å². The summed E-state index contributed by atoms with van der Waals surface area (Å²) in [4.78, 5) is 143. The van der Waals surface area contributed by atoms with Gasteiger partial charge in [-0.15, -0.1) is 0 Å². The van der Waals surface area contributed by atoms with E-state index in [2.05, 4.69) is 0 Å². The van der Waals surface area contributed by atoms with Gasteiger partial charge in [0.25, 0.3) is 0 Å². The summed E-state index contributed by atoms with van der Waals surface area (Å²) in [6, 6.07) is 12.2. The molecule has 34 heteroatoms. The molecule has 0 N–H and O–H groups in total. The zero-order valence-corrected chi connectivity index (χ0v) is 55.1. The van der Waals surface area contributed by atoms with Crippen molar-refractivity contribution in [3.05, 3.63) is 93.5 Å². The molecule has 0 radical (unpaired) electrons. The van der Waals surface area contributed by atoms with Crippen molar-refractivity contribution in [2.75, 3.05) is 105 Å². The Morgan fingerprint density at radius 1 is 0.436 bits per heavy atom. The van der Waals surface area contributed by atoms with Crippen LogP contribution in [-0.2, 0) is 129 Å². The maximum absolute atomic E-state index is 15.3. The molecule has 0 saturated heterocycles. The van der Waals surface area contributed by atoms with E-state index in [1.54, 1.807) is 26.8 Å². The van der Waals surface area contributed by atoms with Gasteiger partial charge in [0, 0.05) is 92.1 Å². The third-order valence-electron chi connectivity index (χ3n) is 13.9.